The van der Waals surface area contributed by atoms with Crippen LogP contribution in [0.15, 0.2) is 47.4 Å². The second-order valence-corrected chi connectivity index (χ2v) is 11.5. The molecule has 0 saturated carbocycles. The van der Waals surface area contributed by atoms with Gasteiger partial charge in [-0.3, -0.25) is 4.48 Å². The highest BCUT2D eigenvalue weighted by Gasteiger charge is 2.48. The number of ether oxygens (including phenoxy) is 1. The van der Waals surface area contributed by atoms with Crippen molar-refractivity contribution in [2.75, 3.05) is 33.3 Å². The number of sulfonamides is 1. The maximum absolute atomic E-state index is 13.3. The first-order valence-electron chi connectivity index (χ1n) is 11.8. The number of hydrogen-bond acceptors (Lipinski definition) is 4. The third-order valence-corrected chi connectivity index (χ3v) is 9.79. The molecule has 3 atom stereocenters. The molecule has 5 rings (SSSR count). The Morgan fingerprint density at radius 1 is 1.12 bits per heavy atom. The Labute approximate surface area is 191 Å². The van der Waals surface area contributed by atoms with Gasteiger partial charge in [-0.1, -0.05) is 12.1 Å². The lowest BCUT2D eigenvalue weighted by Gasteiger charge is -2.44. The van der Waals surface area contributed by atoms with Crippen molar-refractivity contribution in [2.45, 2.75) is 56.1 Å². The minimum absolute atomic E-state index is 0.293. The van der Waals surface area contributed by atoms with Crippen molar-refractivity contribution in [3.63, 3.8) is 0 Å². The number of nitrogens with zero attached hydrogens (tertiary/aromatic N) is 2. The van der Waals surface area contributed by atoms with Crippen LogP contribution in [0.3, 0.4) is 0 Å². The third kappa shape index (κ3) is 3.55. The molecule has 2 aromatic rings. The number of methoxy groups -OCH3 is 1. The Morgan fingerprint density at radius 3 is 2.72 bits per heavy atom. The number of benzene rings is 2. The van der Waals surface area contributed by atoms with Crippen LogP contribution in [0, 0.1) is 0 Å². The Morgan fingerprint density at radius 2 is 2.00 bits per heavy atom. The monoisotopic (exact) mass is 456 g/mol. The normalized spacial score (nSPS) is 28.6. The lowest BCUT2D eigenvalue weighted by Crippen LogP contribution is -2.59. The zero-order valence-electron chi connectivity index (χ0n) is 19.1. The molecule has 3 aliphatic rings. The van der Waals surface area contributed by atoms with Gasteiger partial charge in [0.05, 0.1) is 24.6 Å². The molecule has 3 heterocycles. The zero-order valence-corrected chi connectivity index (χ0v) is 19.9. The lowest BCUT2D eigenvalue weighted by atomic mass is 9.97. The summed E-state index contributed by atoms with van der Waals surface area (Å²) in [6.45, 7) is 6.76. The van der Waals surface area contributed by atoms with E-state index in [1.165, 1.54) is 37.1 Å². The molecule has 0 bridgehead atoms. The van der Waals surface area contributed by atoms with Crippen LogP contribution < -0.4 is 14.5 Å². The molecule has 0 aromatic heterocycles. The van der Waals surface area contributed by atoms with Crippen LogP contribution in [-0.2, 0) is 23.0 Å². The van der Waals surface area contributed by atoms with Crippen molar-refractivity contribution >= 4 is 15.7 Å². The molecule has 3 aliphatic heterocycles. The first kappa shape index (κ1) is 21.9. The maximum Gasteiger partial charge on any atom is 0.243 e. The summed E-state index contributed by atoms with van der Waals surface area (Å²) in [5.41, 5.74) is 3.86. The number of rotatable bonds is 5. The van der Waals surface area contributed by atoms with Gasteiger partial charge in [0.2, 0.25) is 10.0 Å². The topological polar surface area (TPSA) is 58.6 Å². The first-order chi connectivity index (χ1) is 15.4. The molecule has 0 amide bonds. The second kappa shape index (κ2) is 8.45. The van der Waals surface area contributed by atoms with Crippen LogP contribution in [-0.4, -0.2) is 58.1 Å². The van der Waals surface area contributed by atoms with Crippen molar-refractivity contribution in [1.29, 1.82) is 0 Å². The molecule has 1 N–H and O–H groups in total. The summed E-state index contributed by atoms with van der Waals surface area (Å²) >= 11 is 0. The Balaban J connectivity index is 1.43. The predicted octanol–water partition coefficient (Wildman–Crippen LogP) is 3.29. The van der Waals surface area contributed by atoms with Crippen LogP contribution in [0.5, 0.6) is 5.75 Å². The zero-order chi connectivity index (χ0) is 22.3. The standard InChI is InChI=1S/C25H34N3O3S/c1-19-5-4-14-28(19,23-10-12-26-17-23)22-9-8-21-18-27(13-11-20(21)15-22)32(29,30)25-7-3-6-24(16-25)31-2/h3,6-9,15-16,19,23,26H,4-5,10-14,17-18H2,1-2H3/q+1/t19-,23-,28?/m0/s1. The molecule has 2 aromatic carbocycles. The number of fused-ring (bicyclic) bond motifs is 1. The van der Waals surface area contributed by atoms with Gasteiger partial charge in [0, 0.05) is 57.6 Å². The maximum atomic E-state index is 13.3. The van der Waals surface area contributed by atoms with E-state index in [-0.39, 0.29) is 0 Å². The van der Waals surface area contributed by atoms with Gasteiger partial charge in [0.25, 0.3) is 0 Å². The van der Waals surface area contributed by atoms with Gasteiger partial charge in [-0.2, -0.15) is 4.31 Å². The van der Waals surface area contributed by atoms with E-state index in [9.17, 15) is 8.42 Å². The number of likely N-dealkylation sites (tertiary alicyclic amines) is 1. The summed E-state index contributed by atoms with van der Waals surface area (Å²) in [6.07, 6.45) is 4.54. The largest absolute Gasteiger partial charge is 0.497 e. The van der Waals surface area contributed by atoms with Crippen molar-refractivity contribution < 1.29 is 13.2 Å². The highest BCUT2D eigenvalue weighted by atomic mass is 32.2. The van der Waals surface area contributed by atoms with Crippen molar-refractivity contribution in [1.82, 2.24) is 14.1 Å². The summed E-state index contributed by atoms with van der Waals surface area (Å²) in [4.78, 5) is 0.293. The molecule has 7 heteroatoms. The number of quaternary nitrogens is 1. The highest BCUT2D eigenvalue weighted by molar-refractivity contribution is 7.89. The third-order valence-electron chi connectivity index (χ3n) is 7.95. The van der Waals surface area contributed by atoms with Gasteiger partial charge in [0.15, 0.2) is 0 Å². The average molecular weight is 457 g/mol. The van der Waals surface area contributed by atoms with Crippen LogP contribution in [0.25, 0.3) is 0 Å². The molecule has 0 aliphatic carbocycles. The fraction of sp³-hybridized carbons (Fsp3) is 0.520. The molecule has 32 heavy (non-hydrogen) atoms. The summed E-state index contributed by atoms with van der Waals surface area (Å²) in [7, 11) is -2.00. The molecule has 0 spiro atoms. The van der Waals surface area contributed by atoms with Gasteiger partial charge >= 0.3 is 0 Å². The van der Waals surface area contributed by atoms with E-state index in [2.05, 4.69) is 30.4 Å². The minimum atomic E-state index is -3.56. The molecule has 2 fully saturated rings. The SMILES string of the molecule is COc1cccc(S(=O)(=O)N2CCc3cc([N+]4([C@H]5CCNC5)CCC[C@@H]4C)ccc3C2)c1. The van der Waals surface area contributed by atoms with Gasteiger partial charge in [-0.25, -0.2) is 8.42 Å². The fourth-order valence-electron chi connectivity index (χ4n) is 6.16. The van der Waals surface area contributed by atoms with E-state index in [0.717, 1.165) is 29.6 Å². The number of nitrogens with one attached hydrogen (secondary N) is 1. The van der Waals surface area contributed by atoms with E-state index >= 15 is 0 Å². The van der Waals surface area contributed by atoms with Crippen molar-refractivity contribution in [3.05, 3.63) is 53.6 Å². The van der Waals surface area contributed by atoms with E-state index in [1.807, 2.05) is 0 Å². The minimum Gasteiger partial charge on any atom is -0.497 e. The Kier molecular flexibility index (Phi) is 5.78. The highest BCUT2D eigenvalue weighted by Crippen LogP contribution is 2.40. The van der Waals surface area contributed by atoms with Gasteiger partial charge < -0.3 is 10.1 Å². The van der Waals surface area contributed by atoms with Gasteiger partial charge in [0.1, 0.15) is 17.5 Å². The van der Waals surface area contributed by atoms with Gasteiger partial charge in [-0.15, -0.1) is 0 Å². The number of hydrogen-bond donors (Lipinski definition) is 1. The first-order valence-corrected chi connectivity index (χ1v) is 13.2. The Bertz CT molecular complexity index is 1100. The van der Waals surface area contributed by atoms with Crippen LogP contribution in [0.4, 0.5) is 5.69 Å². The summed E-state index contributed by atoms with van der Waals surface area (Å²) < 4.78 is 34.5. The van der Waals surface area contributed by atoms with E-state index in [4.69, 9.17) is 4.74 Å². The smallest absolute Gasteiger partial charge is 0.243 e. The van der Waals surface area contributed by atoms with Crippen molar-refractivity contribution in [3.8, 4) is 5.75 Å². The van der Waals surface area contributed by atoms with E-state index in [1.54, 1.807) is 35.7 Å². The molecule has 1 unspecified atom stereocenters. The molecular formula is C25H34N3O3S+. The summed E-state index contributed by atoms with van der Waals surface area (Å²) in [6, 6.07) is 14.9. The second-order valence-electron chi connectivity index (χ2n) is 9.51. The molecule has 2 saturated heterocycles. The molecule has 172 valence electrons. The summed E-state index contributed by atoms with van der Waals surface area (Å²) in [5.74, 6) is 0.559. The summed E-state index contributed by atoms with van der Waals surface area (Å²) in [5, 5.41) is 3.57. The van der Waals surface area contributed by atoms with E-state index < -0.39 is 10.0 Å². The predicted molar refractivity (Wildman–Crippen MR) is 127 cm³/mol. The van der Waals surface area contributed by atoms with Crippen LogP contribution in [0.1, 0.15) is 37.3 Å². The quantitative estimate of drug-likeness (QED) is 0.702. The molecule has 6 nitrogen and oxygen atoms in total. The average Bonchev–Trinajstić information content (AvgIpc) is 3.49. The van der Waals surface area contributed by atoms with Crippen LogP contribution >= 0.6 is 0 Å². The van der Waals surface area contributed by atoms with Gasteiger partial charge in [-0.05, 0) is 42.7 Å². The molecular weight excluding hydrogens is 422 g/mol. The van der Waals surface area contributed by atoms with E-state index in [0.29, 0.717) is 35.8 Å². The lowest BCUT2D eigenvalue weighted by molar-refractivity contribution is 0.203. The van der Waals surface area contributed by atoms with Crippen LogP contribution in [0.2, 0.25) is 0 Å². The fourth-order valence-corrected chi connectivity index (χ4v) is 7.61. The Hall–Kier alpha value is -1.93. The molecule has 0 radical (unpaired) electrons. The van der Waals surface area contributed by atoms with Crippen molar-refractivity contribution in [2.24, 2.45) is 0 Å².